The fourth-order valence-corrected chi connectivity index (χ4v) is 1.33. The van der Waals surface area contributed by atoms with Gasteiger partial charge in [-0.25, -0.2) is 9.18 Å². The maximum Gasteiger partial charge on any atom is 0.319 e. The van der Waals surface area contributed by atoms with Crippen molar-refractivity contribution in [2.75, 3.05) is 6.61 Å². The molecule has 0 bridgehead atoms. The fourth-order valence-electron chi connectivity index (χ4n) is 1.33. The highest BCUT2D eigenvalue weighted by molar-refractivity contribution is 5.76. The van der Waals surface area contributed by atoms with Gasteiger partial charge in [0.15, 0.2) is 0 Å². The van der Waals surface area contributed by atoms with Crippen molar-refractivity contribution in [2.45, 2.75) is 19.4 Å². The Labute approximate surface area is 106 Å². The summed E-state index contributed by atoms with van der Waals surface area (Å²) in [6.45, 7) is 1.77. The quantitative estimate of drug-likeness (QED) is 0.749. The number of hydrogen-bond donors (Lipinski definition) is 3. The number of nitrogens with one attached hydrogen (secondary N) is 2. The molecule has 0 heterocycles. The highest BCUT2D eigenvalue weighted by atomic mass is 19.1. The first kappa shape index (κ1) is 14.2. The summed E-state index contributed by atoms with van der Waals surface area (Å²) in [7, 11) is 0. The minimum absolute atomic E-state index is 0.0997. The molecular formula is C13H17FN2O2. The average Bonchev–Trinajstić information content (AvgIpc) is 2.36. The maximum atomic E-state index is 12.9. The van der Waals surface area contributed by atoms with Gasteiger partial charge in [-0.1, -0.05) is 19.1 Å². The van der Waals surface area contributed by atoms with Crippen molar-refractivity contribution in [3.63, 3.8) is 0 Å². The molecule has 0 aromatic heterocycles. The molecule has 1 rings (SSSR count). The highest BCUT2D eigenvalue weighted by Crippen LogP contribution is 2.04. The smallest absolute Gasteiger partial charge is 0.319 e. The molecule has 0 saturated carbocycles. The van der Waals surface area contributed by atoms with E-state index in [0.29, 0.717) is 12.0 Å². The monoisotopic (exact) mass is 252 g/mol. The SMILES string of the molecule is CCC(CO)NC(=O)N/C=C/c1cccc(F)c1. The minimum atomic E-state index is -0.399. The van der Waals surface area contributed by atoms with Crippen LogP contribution in [-0.4, -0.2) is 23.8 Å². The van der Waals surface area contributed by atoms with E-state index in [9.17, 15) is 9.18 Å². The van der Waals surface area contributed by atoms with Gasteiger partial charge in [-0.3, -0.25) is 0 Å². The van der Waals surface area contributed by atoms with Crippen molar-refractivity contribution in [3.05, 3.63) is 41.8 Å². The lowest BCUT2D eigenvalue weighted by Gasteiger charge is -2.13. The Hall–Kier alpha value is -1.88. The largest absolute Gasteiger partial charge is 0.394 e. The van der Waals surface area contributed by atoms with E-state index in [1.54, 1.807) is 18.2 Å². The van der Waals surface area contributed by atoms with Crippen molar-refractivity contribution >= 4 is 12.1 Å². The van der Waals surface area contributed by atoms with Gasteiger partial charge in [-0.15, -0.1) is 0 Å². The van der Waals surface area contributed by atoms with Gasteiger partial charge in [0.05, 0.1) is 12.6 Å². The Balaban J connectivity index is 2.42. The lowest BCUT2D eigenvalue weighted by molar-refractivity contribution is 0.217. The predicted octanol–water partition coefficient (Wildman–Crippen LogP) is 1.87. The summed E-state index contributed by atoms with van der Waals surface area (Å²) >= 11 is 0. The van der Waals surface area contributed by atoms with E-state index in [2.05, 4.69) is 10.6 Å². The molecule has 1 unspecified atom stereocenters. The van der Waals surface area contributed by atoms with Crippen LogP contribution in [0.4, 0.5) is 9.18 Å². The summed E-state index contributed by atoms with van der Waals surface area (Å²) in [4.78, 5) is 11.4. The van der Waals surface area contributed by atoms with Crippen LogP contribution < -0.4 is 10.6 Å². The van der Waals surface area contributed by atoms with Crippen LogP contribution in [0.3, 0.4) is 0 Å². The van der Waals surface area contributed by atoms with Crippen LogP contribution in [0.25, 0.3) is 6.08 Å². The van der Waals surface area contributed by atoms with Gasteiger partial charge in [-0.2, -0.15) is 0 Å². The molecule has 0 aliphatic heterocycles. The zero-order valence-electron chi connectivity index (χ0n) is 10.2. The normalized spacial score (nSPS) is 12.4. The molecule has 0 saturated heterocycles. The average molecular weight is 252 g/mol. The number of hydrogen-bond acceptors (Lipinski definition) is 2. The number of halogens is 1. The lowest BCUT2D eigenvalue weighted by atomic mass is 10.2. The van der Waals surface area contributed by atoms with Crippen LogP contribution in [0.5, 0.6) is 0 Å². The van der Waals surface area contributed by atoms with E-state index in [1.807, 2.05) is 6.92 Å². The molecule has 0 radical (unpaired) electrons. The topological polar surface area (TPSA) is 61.4 Å². The molecule has 1 aromatic rings. The van der Waals surface area contributed by atoms with Crippen LogP contribution in [0.15, 0.2) is 30.5 Å². The number of benzene rings is 1. The Morgan fingerprint density at radius 1 is 1.56 bits per heavy atom. The number of aliphatic hydroxyl groups excluding tert-OH is 1. The standard InChI is InChI=1S/C13H17FN2O2/c1-2-12(9-17)16-13(18)15-7-6-10-4-3-5-11(14)8-10/h3-8,12,17H,2,9H2,1H3,(H2,15,16,18)/b7-6+. The predicted molar refractivity (Wildman–Crippen MR) is 68.3 cm³/mol. The highest BCUT2D eigenvalue weighted by Gasteiger charge is 2.06. The molecule has 3 N–H and O–H groups in total. The zero-order valence-corrected chi connectivity index (χ0v) is 10.2. The van der Waals surface area contributed by atoms with E-state index in [-0.39, 0.29) is 18.5 Å². The van der Waals surface area contributed by atoms with Crippen LogP contribution in [0, 0.1) is 5.82 Å². The van der Waals surface area contributed by atoms with Crippen molar-refractivity contribution < 1.29 is 14.3 Å². The number of urea groups is 1. The Morgan fingerprint density at radius 2 is 2.33 bits per heavy atom. The lowest BCUT2D eigenvalue weighted by Crippen LogP contribution is -2.41. The molecule has 18 heavy (non-hydrogen) atoms. The molecule has 0 fully saturated rings. The van der Waals surface area contributed by atoms with Gasteiger partial charge in [0, 0.05) is 6.20 Å². The summed E-state index contributed by atoms with van der Waals surface area (Å²) in [6, 6.07) is 5.37. The van der Waals surface area contributed by atoms with E-state index in [1.165, 1.54) is 18.3 Å². The molecular weight excluding hydrogens is 235 g/mol. The molecule has 1 atom stereocenters. The maximum absolute atomic E-state index is 12.9. The molecule has 98 valence electrons. The Morgan fingerprint density at radius 3 is 2.94 bits per heavy atom. The van der Waals surface area contributed by atoms with Crippen LogP contribution in [0.1, 0.15) is 18.9 Å². The summed E-state index contributed by atoms with van der Waals surface area (Å²) < 4.78 is 12.9. The van der Waals surface area contributed by atoms with E-state index in [0.717, 1.165) is 0 Å². The number of rotatable bonds is 5. The van der Waals surface area contributed by atoms with Crippen LogP contribution in [-0.2, 0) is 0 Å². The number of amides is 2. The van der Waals surface area contributed by atoms with Gasteiger partial charge >= 0.3 is 6.03 Å². The number of carbonyl (C=O) groups excluding carboxylic acids is 1. The Bertz CT molecular complexity index is 417. The fraction of sp³-hybridized carbons (Fsp3) is 0.308. The summed E-state index contributed by atoms with van der Waals surface area (Å²) in [6.07, 6.45) is 3.66. The second kappa shape index (κ2) is 7.45. The minimum Gasteiger partial charge on any atom is -0.394 e. The molecule has 4 nitrogen and oxygen atoms in total. The van der Waals surface area contributed by atoms with Crippen molar-refractivity contribution in [2.24, 2.45) is 0 Å². The third-order valence-electron chi connectivity index (χ3n) is 2.39. The second-order valence-corrected chi connectivity index (χ2v) is 3.79. The molecule has 0 aliphatic carbocycles. The number of aliphatic hydroxyl groups is 1. The van der Waals surface area contributed by atoms with Gasteiger partial charge in [0.1, 0.15) is 5.82 Å². The first-order valence-corrected chi connectivity index (χ1v) is 5.75. The van der Waals surface area contributed by atoms with E-state index in [4.69, 9.17) is 5.11 Å². The van der Waals surface area contributed by atoms with Crippen molar-refractivity contribution in [3.8, 4) is 0 Å². The zero-order chi connectivity index (χ0) is 13.4. The van der Waals surface area contributed by atoms with Gasteiger partial charge in [-0.05, 0) is 30.2 Å². The van der Waals surface area contributed by atoms with Crippen molar-refractivity contribution in [1.29, 1.82) is 0 Å². The third-order valence-corrected chi connectivity index (χ3v) is 2.39. The molecule has 1 aromatic carbocycles. The first-order valence-electron chi connectivity index (χ1n) is 5.75. The first-order chi connectivity index (χ1) is 8.65. The third kappa shape index (κ3) is 4.97. The van der Waals surface area contributed by atoms with Crippen LogP contribution >= 0.6 is 0 Å². The number of carbonyl (C=O) groups is 1. The molecule has 5 heteroatoms. The summed E-state index contributed by atoms with van der Waals surface area (Å²) in [5.74, 6) is -0.326. The van der Waals surface area contributed by atoms with E-state index >= 15 is 0 Å². The summed E-state index contributed by atoms with van der Waals surface area (Å²) in [5, 5.41) is 14.0. The van der Waals surface area contributed by atoms with E-state index < -0.39 is 6.03 Å². The summed E-state index contributed by atoms with van der Waals surface area (Å²) in [5.41, 5.74) is 0.657. The van der Waals surface area contributed by atoms with Crippen LogP contribution in [0.2, 0.25) is 0 Å². The molecule has 0 spiro atoms. The Kier molecular flexibility index (Phi) is 5.87. The molecule has 0 aliphatic rings. The second-order valence-electron chi connectivity index (χ2n) is 3.79. The molecule has 2 amide bonds. The van der Waals surface area contributed by atoms with Gasteiger partial charge < -0.3 is 15.7 Å². The van der Waals surface area contributed by atoms with Gasteiger partial charge in [0.25, 0.3) is 0 Å². The van der Waals surface area contributed by atoms with Crippen molar-refractivity contribution in [1.82, 2.24) is 10.6 Å². The van der Waals surface area contributed by atoms with Gasteiger partial charge in [0.2, 0.25) is 0 Å².